The lowest BCUT2D eigenvalue weighted by Gasteiger charge is -2.44. The van der Waals surface area contributed by atoms with Gasteiger partial charge in [0.1, 0.15) is 11.1 Å². The van der Waals surface area contributed by atoms with Gasteiger partial charge in [-0.15, -0.1) is 11.3 Å². The van der Waals surface area contributed by atoms with Gasteiger partial charge in [-0.3, -0.25) is 14.5 Å². The average Bonchev–Trinajstić information content (AvgIpc) is 3.39. The highest BCUT2D eigenvalue weighted by Crippen LogP contribution is 2.42. The SMILES string of the molecule is CN1n2cc(C(=O)O)c(=O)c3ccc(N4CC[C@@H](Nc5nccs5)C4)c(c32)OC1(C)C. The van der Waals surface area contributed by atoms with E-state index in [1.807, 2.05) is 32.3 Å². The molecule has 0 bridgehead atoms. The third-order valence-electron chi connectivity index (χ3n) is 6.05. The van der Waals surface area contributed by atoms with Crippen molar-refractivity contribution in [2.75, 3.05) is 35.4 Å². The predicted octanol–water partition coefficient (Wildman–Crippen LogP) is 2.54. The van der Waals surface area contributed by atoms with E-state index in [1.54, 1.807) is 33.3 Å². The lowest BCUT2D eigenvalue weighted by molar-refractivity contribution is 0.0682. The Bertz CT molecular complexity index is 1240. The molecule has 0 aliphatic carbocycles. The molecule has 0 unspecified atom stereocenters. The molecule has 1 atom stereocenters. The Balaban J connectivity index is 1.61. The molecule has 2 aliphatic rings. The fraction of sp³-hybridized carbons (Fsp3) is 0.381. The Kier molecular flexibility index (Phi) is 4.37. The van der Waals surface area contributed by atoms with Gasteiger partial charge in [0.25, 0.3) is 0 Å². The first-order valence-corrected chi connectivity index (χ1v) is 10.9. The van der Waals surface area contributed by atoms with E-state index in [0.717, 1.165) is 30.3 Å². The standard InChI is InChI=1S/C21H23N5O4S/c1-21(2)24(3)26-11-14(19(28)29)17(27)13-4-5-15(18(30-21)16(13)26)25-8-6-12(10-25)23-20-22-7-9-31-20/h4-5,7,9,11-12H,6,8,10H2,1-3H3,(H,22,23)(H,28,29)/t12-/m1/s1. The first-order valence-electron chi connectivity index (χ1n) is 10.1. The molecule has 0 radical (unpaired) electrons. The second kappa shape index (κ2) is 6.88. The highest BCUT2D eigenvalue weighted by molar-refractivity contribution is 7.13. The second-order valence-corrected chi connectivity index (χ2v) is 9.21. The molecule has 5 rings (SSSR count). The molecule has 2 aromatic heterocycles. The van der Waals surface area contributed by atoms with Gasteiger partial charge in [-0.1, -0.05) is 0 Å². The van der Waals surface area contributed by atoms with Gasteiger partial charge in [-0.2, -0.15) is 0 Å². The molecule has 2 N–H and O–H groups in total. The molecule has 9 nitrogen and oxygen atoms in total. The summed E-state index contributed by atoms with van der Waals surface area (Å²) in [6.07, 6.45) is 4.12. The number of ether oxygens (including phenoxy) is 1. The molecule has 31 heavy (non-hydrogen) atoms. The minimum absolute atomic E-state index is 0.255. The fourth-order valence-electron chi connectivity index (χ4n) is 4.24. The highest BCUT2D eigenvalue weighted by Gasteiger charge is 2.37. The molecular weight excluding hydrogens is 418 g/mol. The summed E-state index contributed by atoms with van der Waals surface area (Å²) in [5.74, 6) is -0.640. The number of aromatic nitrogens is 2. The number of aromatic carboxylic acids is 1. The van der Waals surface area contributed by atoms with Crippen molar-refractivity contribution in [2.24, 2.45) is 0 Å². The number of anilines is 2. The first-order chi connectivity index (χ1) is 14.8. The van der Waals surface area contributed by atoms with E-state index in [-0.39, 0.29) is 11.6 Å². The number of carboxylic acid groups (broad SMARTS) is 1. The second-order valence-electron chi connectivity index (χ2n) is 8.32. The van der Waals surface area contributed by atoms with Crippen LogP contribution in [0.4, 0.5) is 10.8 Å². The average molecular weight is 442 g/mol. The molecule has 3 aromatic rings. The van der Waals surface area contributed by atoms with Crippen molar-refractivity contribution in [2.45, 2.75) is 32.0 Å². The van der Waals surface area contributed by atoms with Crippen LogP contribution in [0.1, 0.15) is 30.6 Å². The van der Waals surface area contributed by atoms with Crippen LogP contribution in [0.15, 0.2) is 34.7 Å². The molecule has 1 fully saturated rings. The normalized spacial score (nSPS) is 19.5. The van der Waals surface area contributed by atoms with Crippen LogP contribution in [-0.2, 0) is 0 Å². The summed E-state index contributed by atoms with van der Waals surface area (Å²) in [6, 6.07) is 3.82. The summed E-state index contributed by atoms with van der Waals surface area (Å²) >= 11 is 1.58. The Labute approximate surface area is 182 Å². The molecular formula is C21H23N5O4S. The number of nitrogens with one attached hydrogen (secondary N) is 1. The maximum atomic E-state index is 12.8. The third-order valence-corrected chi connectivity index (χ3v) is 6.76. The summed E-state index contributed by atoms with van der Waals surface area (Å²) in [7, 11) is 1.81. The zero-order valence-electron chi connectivity index (χ0n) is 17.5. The third kappa shape index (κ3) is 3.09. The van der Waals surface area contributed by atoms with Crippen LogP contribution < -0.4 is 25.4 Å². The molecule has 0 saturated carbocycles. The molecule has 2 aliphatic heterocycles. The van der Waals surface area contributed by atoms with Crippen molar-refractivity contribution < 1.29 is 14.6 Å². The van der Waals surface area contributed by atoms with Crippen molar-refractivity contribution in [1.29, 1.82) is 0 Å². The predicted molar refractivity (Wildman–Crippen MR) is 120 cm³/mol. The van der Waals surface area contributed by atoms with Gasteiger partial charge >= 0.3 is 5.97 Å². The maximum absolute atomic E-state index is 12.8. The number of carboxylic acids is 1. The molecule has 10 heteroatoms. The van der Waals surface area contributed by atoms with Crippen LogP contribution in [0.3, 0.4) is 0 Å². The van der Waals surface area contributed by atoms with E-state index in [1.165, 1.54) is 6.20 Å². The topological polar surface area (TPSA) is 99.9 Å². The smallest absolute Gasteiger partial charge is 0.341 e. The van der Waals surface area contributed by atoms with Crippen LogP contribution in [0.5, 0.6) is 5.75 Å². The number of hydrogen-bond donors (Lipinski definition) is 2. The maximum Gasteiger partial charge on any atom is 0.341 e. The van der Waals surface area contributed by atoms with Gasteiger partial charge in [-0.25, -0.2) is 9.78 Å². The van der Waals surface area contributed by atoms with Gasteiger partial charge in [-0.05, 0) is 32.4 Å². The number of benzene rings is 1. The van der Waals surface area contributed by atoms with E-state index >= 15 is 0 Å². The van der Waals surface area contributed by atoms with Crippen molar-refractivity contribution in [3.63, 3.8) is 0 Å². The van der Waals surface area contributed by atoms with E-state index in [2.05, 4.69) is 15.2 Å². The van der Waals surface area contributed by atoms with Crippen LogP contribution in [0, 0.1) is 0 Å². The van der Waals surface area contributed by atoms with Crippen LogP contribution in [-0.4, -0.2) is 52.6 Å². The lowest BCUT2D eigenvalue weighted by Crippen LogP contribution is -2.55. The Morgan fingerprint density at radius 3 is 2.90 bits per heavy atom. The Morgan fingerprint density at radius 1 is 1.39 bits per heavy atom. The zero-order valence-corrected chi connectivity index (χ0v) is 18.3. The first kappa shape index (κ1) is 19.7. The Morgan fingerprint density at radius 2 is 2.19 bits per heavy atom. The fourth-order valence-corrected chi connectivity index (χ4v) is 4.85. The molecule has 1 saturated heterocycles. The molecule has 4 heterocycles. The monoisotopic (exact) mass is 441 g/mol. The molecule has 162 valence electrons. The lowest BCUT2D eigenvalue weighted by atomic mass is 10.1. The van der Waals surface area contributed by atoms with Gasteiger partial charge in [0, 0.05) is 44.0 Å². The van der Waals surface area contributed by atoms with E-state index in [0.29, 0.717) is 16.7 Å². The van der Waals surface area contributed by atoms with E-state index in [9.17, 15) is 14.7 Å². The summed E-state index contributed by atoms with van der Waals surface area (Å²) < 4.78 is 8.12. The van der Waals surface area contributed by atoms with Crippen LogP contribution in [0.2, 0.25) is 0 Å². The van der Waals surface area contributed by atoms with Gasteiger partial charge in [0.2, 0.25) is 5.43 Å². The minimum atomic E-state index is -1.24. The van der Waals surface area contributed by atoms with Crippen LogP contribution in [0.25, 0.3) is 10.9 Å². The van der Waals surface area contributed by atoms with E-state index < -0.39 is 17.1 Å². The number of hydrogen-bond acceptors (Lipinski definition) is 8. The van der Waals surface area contributed by atoms with Gasteiger partial charge in [0.15, 0.2) is 16.6 Å². The summed E-state index contributed by atoms with van der Waals surface area (Å²) in [6.45, 7) is 5.43. The number of carbonyl (C=O) groups is 1. The number of rotatable bonds is 4. The van der Waals surface area contributed by atoms with Crippen molar-refractivity contribution in [3.05, 3.63) is 45.7 Å². The van der Waals surface area contributed by atoms with Gasteiger partial charge in [0.05, 0.1) is 11.1 Å². The van der Waals surface area contributed by atoms with Crippen molar-refractivity contribution in [3.8, 4) is 5.75 Å². The molecule has 1 aromatic carbocycles. The summed E-state index contributed by atoms with van der Waals surface area (Å²) in [5.41, 5.74) is -0.0179. The number of nitrogens with zero attached hydrogens (tertiary/aromatic N) is 4. The van der Waals surface area contributed by atoms with Gasteiger partial charge < -0.3 is 20.1 Å². The van der Waals surface area contributed by atoms with Crippen molar-refractivity contribution in [1.82, 2.24) is 9.66 Å². The zero-order chi connectivity index (χ0) is 21.9. The number of pyridine rings is 1. The highest BCUT2D eigenvalue weighted by atomic mass is 32.1. The minimum Gasteiger partial charge on any atom is -0.477 e. The summed E-state index contributed by atoms with van der Waals surface area (Å²) in [4.78, 5) is 31.1. The van der Waals surface area contributed by atoms with E-state index in [4.69, 9.17) is 4.74 Å². The van der Waals surface area contributed by atoms with Crippen molar-refractivity contribution >= 4 is 39.0 Å². The molecule has 0 spiro atoms. The largest absolute Gasteiger partial charge is 0.477 e. The summed E-state index contributed by atoms with van der Waals surface area (Å²) in [5, 5.41) is 18.0. The Hall–Kier alpha value is -3.27. The molecule has 0 amide bonds. The number of thiazole rings is 1. The van der Waals surface area contributed by atoms with Crippen LogP contribution >= 0.6 is 11.3 Å². The quantitative estimate of drug-likeness (QED) is 0.637.